The zero-order valence-corrected chi connectivity index (χ0v) is 21.2. The molecule has 5 heteroatoms. The van der Waals surface area contributed by atoms with Gasteiger partial charge in [-0.1, -0.05) is 34.6 Å². The highest BCUT2D eigenvalue weighted by Crippen LogP contribution is 2.37. The van der Waals surface area contributed by atoms with Crippen molar-refractivity contribution in [1.29, 1.82) is 0 Å². The minimum Gasteiger partial charge on any atom is -0.342 e. The number of Topliss-reactive ketones (excluding diaryl/α,β-unsaturated/α-hetero) is 1. The fourth-order valence-corrected chi connectivity index (χ4v) is 5.31. The maximum absolute atomic E-state index is 15.1. The number of piperidine rings is 2. The van der Waals surface area contributed by atoms with E-state index >= 15 is 4.39 Å². The third-order valence-electron chi connectivity index (χ3n) is 7.34. The van der Waals surface area contributed by atoms with E-state index in [1.807, 2.05) is 39.5 Å². The van der Waals surface area contributed by atoms with Gasteiger partial charge in [-0.15, -0.1) is 0 Å². The summed E-state index contributed by atoms with van der Waals surface area (Å²) in [4.78, 5) is 28.9. The molecule has 0 N–H and O–H groups in total. The van der Waals surface area contributed by atoms with Gasteiger partial charge < -0.3 is 9.80 Å². The lowest BCUT2D eigenvalue weighted by atomic mass is 9.78. The van der Waals surface area contributed by atoms with Crippen LogP contribution in [0, 0.1) is 17.8 Å². The molecular weight excluding hydrogens is 391 g/mol. The number of alkyl halides is 1. The van der Waals surface area contributed by atoms with Gasteiger partial charge in [0, 0.05) is 44.4 Å². The molecule has 2 aliphatic heterocycles. The monoisotopic (exact) mass is 440 g/mol. The summed E-state index contributed by atoms with van der Waals surface area (Å²) in [5.41, 5.74) is -0.993. The Morgan fingerprint density at radius 1 is 0.839 bits per heavy atom. The lowest BCUT2D eigenvalue weighted by Gasteiger charge is -2.40. The summed E-state index contributed by atoms with van der Waals surface area (Å²) in [5, 5.41) is 0. The van der Waals surface area contributed by atoms with Crippen molar-refractivity contribution in [2.24, 2.45) is 17.8 Å². The van der Waals surface area contributed by atoms with E-state index in [4.69, 9.17) is 0 Å². The first-order valence-corrected chi connectivity index (χ1v) is 13.1. The minimum atomic E-state index is -0.993. The molecule has 0 radical (unpaired) electrons. The van der Waals surface area contributed by atoms with Gasteiger partial charge in [0.1, 0.15) is 11.5 Å². The molecule has 3 aliphatic rings. The Labute approximate surface area is 191 Å². The topological polar surface area (TPSA) is 40.6 Å². The quantitative estimate of drug-likeness (QED) is 0.535. The van der Waals surface area contributed by atoms with Gasteiger partial charge in [0.15, 0.2) is 0 Å². The van der Waals surface area contributed by atoms with Crippen molar-refractivity contribution in [2.75, 3.05) is 33.2 Å². The molecule has 0 aromatic rings. The second kappa shape index (κ2) is 14.2. The Morgan fingerprint density at radius 3 is 1.81 bits per heavy atom. The molecule has 3 rings (SSSR count). The summed E-state index contributed by atoms with van der Waals surface area (Å²) < 4.78 is 15.1. The molecule has 0 atom stereocenters. The standard InChI is InChI=1S/C22H37FN2O2.2C2H6/c1-3-20(26)18-4-6-19(7-5-18)21(27)25-12-8-17(9-13-25)16-22(23)10-14-24(2)15-11-22;2*1-2/h17-19H,3-16H2,1-2H3;2*1-2H3. The van der Waals surface area contributed by atoms with Gasteiger partial charge in [0.2, 0.25) is 5.91 Å². The lowest BCUT2D eigenvalue weighted by Crippen LogP contribution is -2.45. The Kier molecular flexibility index (Phi) is 12.9. The van der Waals surface area contributed by atoms with Crippen LogP contribution in [-0.2, 0) is 9.59 Å². The first kappa shape index (κ1) is 28.1. The van der Waals surface area contributed by atoms with Gasteiger partial charge in [-0.3, -0.25) is 9.59 Å². The molecule has 0 unspecified atom stereocenters. The number of carbonyl (C=O) groups is 2. The minimum absolute atomic E-state index is 0.101. The number of hydrogen-bond acceptors (Lipinski definition) is 3. The third kappa shape index (κ3) is 8.47. The van der Waals surface area contributed by atoms with E-state index in [0.29, 0.717) is 37.4 Å². The number of rotatable bonds is 5. The molecule has 1 amide bonds. The van der Waals surface area contributed by atoms with E-state index in [0.717, 1.165) is 64.7 Å². The molecule has 2 heterocycles. The van der Waals surface area contributed by atoms with Gasteiger partial charge in [-0.25, -0.2) is 4.39 Å². The van der Waals surface area contributed by atoms with Crippen LogP contribution in [0.5, 0.6) is 0 Å². The zero-order valence-electron chi connectivity index (χ0n) is 21.2. The molecule has 0 aromatic carbocycles. The van der Waals surface area contributed by atoms with E-state index in [-0.39, 0.29) is 17.7 Å². The number of nitrogens with zero attached hydrogens (tertiary/aromatic N) is 2. The molecule has 1 saturated carbocycles. The van der Waals surface area contributed by atoms with E-state index in [9.17, 15) is 9.59 Å². The van der Waals surface area contributed by atoms with E-state index in [2.05, 4.69) is 11.9 Å². The lowest BCUT2D eigenvalue weighted by molar-refractivity contribution is -0.139. The highest BCUT2D eigenvalue weighted by atomic mass is 19.1. The fourth-order valence-electron chi connectivity index (χ4n) is 5.31. The summed E-state index contributed by atoms with van der Waals surface area (Å²) in [7, 11) is 2.06. The second-order valence-electron chi connectivity index (χ2n) is 9.30. The van der Waals surface area contributed by atoms with Crippen LogP contribution in [0.1, 0.15) is 98.8 Å². The number of likely N-dealkylation sites (tertiary alicyclic amines) is 2. The molecule has 3 fully saturated rings. The first-order chi connectivity index (χ1) is 14.9. The average Bonchev–Trinajstić information content (AvgIpc) is 2.83. The molecule has 0 spiro atoms. The van der Waals surface area contributed by atoms with Crippen LogP contribution < -0.4 is 0 Å². The summed E-state index contributed by atoms with van der Waals surface area (Å²) >= 11 is 0. The van der Waals surface area contributed by atoms with E-state index < -0.39 is 5.67 Å². The summed E-state index contributed by atoms with van der Waals surface area (Å²) in [6.07, 6.45) is 7.94. The highest BCUT2D eigenvalue weighted by molar-refractivity contribution is 5.82. The van der Waals surface area contributed by atoms with Crippen LogP contribution >= 0.6 is 0 Å². The van der Waals surface area contributed by atoms with Crippen LogP contribution in [0.4, 0.5) is 4.39 Å². The number of carbonyl (C=O) groups excluding carboxylic acids is 2. The Morgan fingerprint density at radius 2 is 1.32 bits per heavy atom. The molecule has 1 aliphatic carbocycles. The third-order valence-corrected chi connectivity index (χ3v) is 7.34. The van der Waals surface area contributed by atoms with Gasteiger partial charge in [0.05, 0.1) is 0 Å². The molecule has 4 nitrogen and oxygen atoms in total. The predicted molar refractivity (Wildman–Crippen MR) is 128 cm³/mol. The van der Waals surface area contributed by atoms with Crippen molar-refractivity contribution < 1.29 is 14.0 Å². The molecule has 0 aromatic heterocycles. The van der Waals surface area contributed by atoms with Crippen LogP contribution in [0.3, 0.4) is 0 Å². The van der Waals surface area contributed by atoms with Crippen molar-refractivity contribution in [3.05, 3.63) is 0 Å². The number of amides is 1. The molecule has 31 heavy (non-hydrogen) atoms. The highest BCUT2D eigenvalue weighted by Gasteiger charge is 2.38. The average molecular weight is 441 g/mol. The molecule has 0 bridgehead atoms. The van der Waals surface area contributed by atoms with E-state index in [1.54, 1.807) is 0 Å². The van der Waals surface area contributed by atoms with E-state index in [1.165, 1.54) is 0 Å². The van der Waals surface area contributed by atoms with Gasteiger partial charge in [0.25, 0.3) is 0 Å². The normalized spacial score (nSPS) is 26.7. The Balaban J connectivity index is 0.00000113. The smallest absolute Gasteiger partial charge is 0.225 e. The number of hydrogen-bond donors (Lipinski definition) is 0. The molecule has 182 valence electrons. The summed E-state index contributed by atoms with van der Waals surface area (Å²) in [6.45, 7) is 13.2. The maximum atomic E-state index is 15.1. The zero-order chi connectivity index (χ0) is 23.4. The van der Waals surface area contributed by atoms with Crippen LogP contribution in [0.15, 0.2) is 0 Å². The van der Waals surface area contributed by atoms with Gasteiger partial charge >= 0.3 is 0 Å². The summed E-state index contributed by atoms with van der Waals surface area (Å²) in [6, 6.07) is 0. The van der Waals surface area contributed by atoms with Crippen LogP contribution in [0.25, 0.3) is 0 Å². The van der Waals surface area contributed by atoms with Crippen molar-refractivity contribution in [3.63, 3.8) is 0 Å². The largest absolute Gasteiger partial charge is 0.342 e. The predicted octanol–water partition coefficient (Wildman–Crippen LogP) is 5.89. The van der Waals surface area contributed by atoms with Crippen molar-refractivity contribution in [1.82, 2.24) is 9.80 Å². The molecule has 2 saturated heterocycles. The van der Waals surface area contributed by atoms with Crippen LogP contribution in [0.2, 0.25) is 0 Å². The Hall–Kier alpha value is -0.970. The SMILES string of the molecule is CC.CC.CCC(=O)C1CCC(C(=O)N2CCC(CC3(F)CCN(C)CC3)CC2)CC1. The van der Waals surface area contributed by atoms with Gasteiger partial charge in [-0.05, 0) is 70.8 Å². The van der Waals surface area contributed by atoms with Crippen molar-refractivity contribution in [3.8, 4) is 0 Å². The van der Waals surface area contributed by atoms with Gasteiger partial charge in [-0.2, -0.15) is 0 Å². The number of ketones is 1. The van der Waals surface area contributed by atoms with Crippen molar-refractivity contribution >= 4 is 11.7 Å². The molecular formula is C26H49FN2O2. The fraction of sp³-hybridized carbons (Fsp3) is 0.923. The second-order valence-corrected chi connectivity index (χ2v) is 9.30. The summed E-state index contributed by atoms with van der Waals surface area (Å²) in [5.74, 6) is 1.34. The Bertz CT molecular complexity index is 516. The maximum Gasteiger partial charge on any atom is 0.225 e. The van der Waals surface area contributed by atoms with Crippen LogP contribution in [-0.4, -0.2) is 60.4 Å². The van der Waals surface area contributed by atoms with Crippen molar-refractivity contribution in [2.45, 2.75) is 104 Å². The first-order valence-electron chi connectivity index (χ1n) is 13.1. The number of halogens is 1.